The first-order chi connectivity index (χ1) is 11.8. The smallest absolute Gasteiger partial charge is 0.270 e. The van der Waals surface area contributed by atoms with Crippen LogP contribution < -0.4 is 5.73 Å². The van der Waals surface area contributed by atoms with Crippen LogP contribution in [-0.2, 0) is 14.4 Å². The number of ketones is 1. The van der Waals surface area contributed by atoms with Crippen LogP contribution in [0.25, 0.3) is 0 Å². The normalized spacial score (nSPS) is 24.6. The number of Topliss-reactive ketones (excluding diaryl/α,β-unsaturated/α-hetero) is 1. The van der Waals surface area contributed by atoms with Gasteiger partial charge in [-0.3, -0.25) is 19.4 Å². The SMILES string of the molecule is CC(=O)CN=C1CCC(C)/C1=C(/N)C(=O)N1CCN(C(=O)CO)CC1. The fraction of sp³-hybridized carbons (Fsp3) is 0.647. The van der Waals surface area contributed by atoms with Crippen LogP contribution in [0.3, 0.4) is 0 Å². The van der Waals surface area contributed by atoms with Gasteiger partial charge in [-0.05, 0) is 25.7 Å². The van der Waals surface area contributed by atoms with Crippen LogP contribution in [0.2, 0.25) is 0 Å². The van der Waals surface area contributed by atoms with Crippen LogP contribution in [0.5, 0.6) is 0 Å². The highest BCUT2D eigenvalue weighted by atomic mass is 16.3. The number of allylic oxidation sites excluding steroid dienone is 1. The van der Waals surface area contributed by atoms with Crippen molar-refractivity contribution in [3.63, 3.8) is 0 Å². The quantitative estimate of drug-likeness (QED) is 0.652. The molecule has 2 amide bonds. The molecule has 1 saturated carbocycles. The van der Waals surface area contributed by atoms with Gasteiger partial charge in [0.1, 0.15) is 12.3 Å². The summed E-state index contributed by atoms with van der Waals surface area (Å²) in [6.07, 6.45) is 1.58. The number of amides is 2. The first kappa shape index (κ1) is 19.1. The number of hydrogen-bond acceptors (Lipinski definition) is 6. The van der Waals surface area contributed by atoms with Gasteiger partial charge in [-0.15, -0.1) is 0 Å². The molecule has 2 rings (SSSR count). The fourth-order valence-corrected chi connectivity index (χ4v) is 3.25. The lowest BCUT2D eigenvalue weighted by Crippen LogP contribution is -2.52. The standard InChI is InChI=1S/C17H26N4O4/c1-11-3-4-13(19-9-12(2)23)15(11)16(18)17(25)21-7-5-20(6-8-21)14(24)10-22/h11,22H,3-10,18H2,1-2H3/b16-15-,19-13?. The van der Waals surface area contributed by atoms with Gasteiger partial charge < -0.3 is 20.6 Å². The van der Waals surface area contributed by atoms with Gasteiger partial charge in [0.15, 0.2) is 5.78 Å². The van der Waals surface area contributed by atoms with Gasteiger partial charge in [-0.1, -0.05) is 6.92 Å². The molecular formula is C17H26N4O4. The molecule has 0 radical (unpaired) electrons. The van der Waals surface area contributed by atoms with E-state index in [1.807, 2.05) is 6.92 Å². The number of aliphatic hydroxyl groups excluding tert-OH is 1. The van der Waals surface area contributed by atoms with Gasteiger partial charge in [-0.2, -0.15) is 0 Å². The van der Waals surface area contributed by atoms with Crippen molar-refractivity contribution in [3.05, 3.63) is 11.3 Å². The Morgan fingerprint density at radius 3 is 2.36 bits per heavy atom. The Kier molecular flexibility index (Phi) is 6.30. The van der Waals surface area contributed by atoms with Crippen LogP contribution in [0.1, 0.15) is 26.7 Å². The predicted molar refractivity (Wildman–Crippen MR) is 92.8 cm³/mol. The Hall–Kier alpha value is -2.22. The number of nitrogens with two attached hydrogens (primary N) is 1. The second-order valence-corrected chi connectivity index (χ2v) is 6.56. The molecule has 0 spiro atoms. The Morgan fingerprint density at radius 2 is 1.80 bits per heavy atom. The summed E-state index contributed by atoms with van der Waals surface area (Å²) in [7, 11) is 0. The van der Waals surface area contributed by atoms with Gasteiger partial charge in [0.25, 0.3) is 5.91 Å². The minimum absolute atomic E-state index is 0.0269. The second-order valence-electron chi connectivity index (χ2n) is 6.56. The van der Waals surface area contributed by atoms with Crippen LogP contribution >= 0.6 is 0 Å². The lowest BCUT2D eigenvalue weighted by Gasteiger charge is -2.34. The van der Waals surface area contributed by atoms with E-state index in [2.05, 4.69) is 4.99 Å². The van der Waals surface area contributed by atoms with E-state index in [1.165, 1.54) is 11.8 Å². The zero-order valence-electron chi connectivity index (χ0n) is 14.8. The first-order valence-corrected chi connectivity index (χ1v) is 8.55. The van der Waals surface area contributed by atoms with Crippen molar-refractivity contribution in [1.29, 1.82) is 0 Å². The Balaban J connectivity index is 2.12. The van der Waals surface area contributed by atoms with Crippen molar-refractivity contribution in [2.75, 3.05) is 39.3 Å². The monoisotopic (exact) mass is 350 g/mol. The largest absolute Gasteiger partial charge is 0.394 e. The van der Waals surface area contributed by atoms with Crippen LogP contribution in [-0.4, -0.2) is 77.5 Å². The topological polar surface area (TPSA) is 116 Å². The van der Waals surface area contributed by atoms with Crippen molar-refractivity contribution in [2.45, 2.75) is 26.7 Å². The molecule has 2 fully saturated rings. The number of aliphatic imine (C=N–C) groups is 1. The third-order valence-electron chi connectivity index (χ3n) is 4.69. The van der Waals surface area contributed by atoms with Gasteiger partial charge in [-0.25, -0.2) is 0 Å². The molecule has 0 aromatic heterocycles. The third kappa shape index (κ3) is 4.45. The van der Waals surface area contributed by atoms with Crippen molar-refractivity contribution >= 4 is 23.3 Å². The number of piperazine rings is 1. The molecule has 0 bridgehead atoms. The van der Waals surface area contributed by atoms with Crippen molar-refractivity contribution in [2.24, 2.45) is 16.6 Å². The highest BCUT2D eigenvalue weighted by Gasteiger charge is 2.31. The molecule has 8 nitrogen and oxygen atoms in total. The van der Waals surface area contributed by atoms with Crippen LogP contribution in [0.15, 0.2) is 16.3 Å². The summed E-state index contributed by atoms with van der Waals surface area (Å²) in [4.78, 5) is 42.9. The minimum Gasteiger partial charge on any atom is -0.394 e. The summed E-state index contributed by atoms with van der Waals surface area (Å²) in [5, 5.41) is 8.91. The second kappa shape index (κ2) is 8.24. The van der Waals surface area contributed by atoms with E-state index < -0.39 is 6.61 Å². The predicted octanol–water partition coefficient (Wildman–Crippen LogP) is -0.678. The summed E-state index contributed by atoms with van der Waals surface area (Å²) >= 11 is 0. The molecule has 138 valence electrons. The van der Waals surface area contributed by atoms with Crippen molar-refractivity contribution in [1.82, 2.24) is 9.80 Å². The lowest BCUT2D eigenvalue weighted by atomic mass is 10.0. The highest BCUT2D eigenvalue weighted by Crippen LogP contribution is 2.30. The van der Waals surface area contributed by atoms with E-state index in [0.717, 1.165) is 24.1 Å². The Bertz CT molecular complexity index is 618. The molecule has 1 unspecified atom stereocenters. The summed E-state index contributed by atoms with van der Waals surface area (Å²) in [5.41, 5.74) is 7.85. The van der Waals surface area contributed by atoms with E-state index in [4.69, 9.17) is 10.8 Å². The summed E-state index contributed by atoms with van der Waals surface area (Å²) in [6.45, 7) is 4.60. The molecule has 25 heavy (non-hydrogen) atoms. The van der Waals surface area contributed by atoms with Gasteiger partial charge in [0, 0.05) is 37.5 Å². The molecule has 1 saturated heterocycles. The molecule has 0 aromatic carbocycles. The first-order valence-electron chi connectivity index (χ1n) is 8.55. The maximum absolute atomic E-state index is 12.7. The maximum atomic E-state index is 12.7. The van der Waals surface area contributed by atoms with Gasteiger partial charge in [0.05, 0.1) is 6.54 Å². The van der Waals surface area contributed by atoms with Crippen molar-refractivity contribution in [3.8, 4) is 0 Å². The molecule has 3 N–H and O–H groups in total. The number of hydrogen-bond donors (Lipinski definition) is 2. The van der Waals surface area contributed by atoms with Gasteiger partial charge in [0.2, 0.25) is 5.91 Å². The Morgan fingerprint density at radius 1 is 1.20 bits per heavy atom. The Labute approximate surface area is 147 Å². The minimum atomic E-state index is -0.520. The van der Waals surface area contributed by atoms with Crippen LogP contribution in [0.4, 0.5) is 0 Å². The zero-order chi connectivity index (χ0) is 18.6. The fourth-order valence-electron chi connectivity index (χ4n) is 3.25. The molecule has 0 aromatic rings. The molecule has 2 aliphatic rings. The average Bonchev–Trinajstić information content (AvgIpc) is 2.98. The number of aliphatic hydroxyl groups is 1. The van der Waals surface area contributed by atoms with E-state index in [9.17, 15) is 14.4 Å². The molecule has 1 atom stereocenters. The van der Waals surface area contributed by atoms with Crippen LogP contribution in [0, 0.1) is 5.92 Å². The molecule has 1 aliphatic heterocycles. The van der Waals surface area contributed by atoms with Gasteiger partial charge >= 0.3 is 0 Å². The van der Waals surface area contributed by atoms with E-state index in [0.29, 0.717) is 26.2 Å². The molecule has 1 heterocycles. The third-order valence-corrected chi connectivity index (χ3v) is 4.69. The number of rotatable bonds is 4. The maximum Gasteiger partial charge on any atom is 0.270 e. The summed E-state index contributed by atoms with van der Waals surface area (Å²) in [6, 6.07) is 0. The van der Waals surface area contributed by atoms with E-state index in [1.54, 1.807) is 4.90 Å². The lowest BCUT2D eigenvalue weighted by molar-refractivity contribution is -0.139. The number of carbonyl (C=O) groups excluding carboxylic acids is 3. The highest BCUT2D eigenvalue weighted by molar-refractivity contribution is 6.09. The summed E-state index contributed by atoms with van der Waals surface area (Å²) in [5.74, 6) is -0.482. The number of nitrogens with zero attached hydrogens (tertiary/aromatic N) is 3. The molecule has 1 aliphatic carbocycles. The van der Waals surface area contributed by atoms with E-state index in [-0.39, 0.29) is 35.8 Å². The summed E-state index contributed by atoms with van der Waals surface area (Å²) < 4.78 is 0. The zero-order valence-corrected chi connectivity index (χ0v) is 14.8. The van der Waals surface area contributed by atoms with E-state index >= 15 is 0 Å². The van der Waals surface area contributed by atoms with Crippen molar-refractivity contribution < 1.29 is 19.5 Å². The molecular weight excluding hydrogens is 324 g/mol. The number of carbonyl (C=O) groups is 3. The molecule has 8 heteroatoms. The average molecular weight is 350 g/mol.